The minimum Gasteiger partial charge on any atom is -0.391 e. The van der Waals surface area contributed by atoms with Crippen LogP contribution in [0.2, 0.25) is 0 Å². The van der Waals surface area contributed by atoms with Crippen LogP contribution in [0.1, 0.15) is 19.4 Å². The topological polar surface area (TPSA) is 84.9 Å². The van der Waals surface area contributed by atoms with Gasteiger partial charge in [0.2, 0.25) is 0 Å². The Morgan fingerprint density at radius 3 is 2.09 bits per heavy atom. The zero-order valence-electron chi connectivity index (χ0n) is 13.5. The first-order valence-electron chi connectivity index (χ1n) is 6.89. The summed E-state index contributed by atoms with van der Waals surface area (Å²) in [6, 6.07) is 7.08. The maximum Gasteiger partial charge on any atom is 0.350 e. The van der Waals surface area contributed by atoms with Crippen LogP contribution in [0.25, 0.3) is 0 Å². The van der Waals surface area contributed by atoms with Crippen LogP contribution in [0.15, 0.2) is 29.2 Å². The van der Waals surface area contributed by atoms with E-state index in [0.29, 0.717) is 4.90 Å². The van der Waals surface area contributed by atoms with Gasteiger partial charge in [0.05, 0.1) is 11.0 Å². The molecule has 8 heteroatoms. The van der Waals surface area contributed by atoms with Crippen molar-refractivity contribution in [2.45, 2.75) is 37.6 Å². The Morgan fingerprint density at radius 1 is 1.18 bits per heavy atom. The molecule has 0 saturated carbocycles. The maximum absolute atomic E-state index is 12.6. The van der Waals surface area contributed by atoms with Crippen molar-refractivity contribution in [2.24, 2.45) is 5.92 Å². The Balaban J connectivity index is 3.05. The molecule has 0 aromatic heterocycles. The average molecular weight is 349 g/mol. The third-order valence-electron chi connectivity index (χ3n) is 3.32. The van der Waals surface area contributed by atoms with Gasteiger partial charge in [-0.25, -0.2) is 8.93 Å². The van der Waals surface area contributed by atoms with Crippen molar-refractivity contribution in [3.63, 3.8) is 0 Å². The summed E-state index contributed by atoms with van der Waals surface area (Å²) in [6.07, 6.45) is -1.04. The van der Waals surface area contributed by atoms with Crippen LogP contribution in [0.3, 0.4) is 0 Å². The van der Waals surface area contributed by atoms with Crippen LogP contribution in [-0.4, -0.2) is 35.4 Å². The fourth-order valence-electron chi connectivity index (χ4n) is 1.83. The first-order chi connectivity index (χ1) is 10.2. The lowest BCUT2D eigenvalue weighted by atomic mass is 10.1. The van der Waals surface area contributed by atoms with E-state index in [4.69, 9.17) is 9.05 Å². The standard InChI is InChI=1S/C14H24NO5PS/c1-10(2)13(16)14(21(17,19-4)20-5)15-22(18)12-8-6-11(3)7-9-12/h6-10,13-16H,1-5H3/t13-,14+,22?/m0/s1. The number of benzene rings is 1. The molecule has 0 fully saturated rings. The van der Waals surface area contributed by atoms with Crippen LogP contribution in [0.4, 0.5) is 0 Å². The average Bonchev–Trinajstić information content (AvgIpc) is 2.51. The van der Waals surface area contributed by atoms with Crippen molar-refractivity contribution in [1.29, 1.82) is 0 Å². The molecule has 0 aliphatic heterocycles. The van der Waals surface area contributed by atoms with Crippen molar-refractivity contribution in [2.75, 3.05) is 14.2 Å². The van der Waals surface area contributed by atoms with Crippen molar-refractivity contribution in [3.05, 3.63) is 29.8 Å². The largest absolute Gasteiger partial charge is 0.391 e. The van der Waals surface area contributed by atoms with Gasteiger partial charge in [-0.05, 0) is 25.0 Å². The zero-order valence-corrected chi connectivity index (χ0v) is 15.2. The summed E-state index contributed by atoms with van der Waals surface area (Å²) in [5.41, 5.74) is 1.04. The van der Waals surface area contributed by atoms with Crippen molar-refractivity contribution < 1.29 is 22.9 Å². The fourth-order valence-corrected chi connectivity index (χ4v) is 4.83. The van der Waals surface area contributed by atoms with Crippen LogP contribution >= 0.6 is 7.60 Å². The second kappa shape index (κ2) is 8.34. The van der Waals surface area contributed by atoms with E-state index in [1.54, 1.807) is 26.0 Å². The van der Waals surface area contributed by atoms with E-state index in [0.717, 1.165) is 5.56 Å². The highest BCUT2D eigenvalue weighted by Gasteiger charge is 2.41. The first-order valence-corrected chi connectivity index (χ1v) is 9.65. The van der Waals surface area contributed by atoms with Gasteiger partial charge in [0.1, 0.15) is 16.8 Å². The number of hydrogen-bond acceptors (Lipinski definition) is 5. The van der Waals surface area contributed by atoms with E-state index in [2.05, 4.69) is 4.72 Å². The van der Waals surface area contributed by atoms with Crippen LogP contribution < -0.4 is 4.72 Å². The smallest absolute Gasteiger partial charge is 0.350 e. The van der Waals surface area contributed by atoms with Gasteiger partial charge in [0.25, 0.3) is 0 Å². The minimum atomic E-state index is -3.64. The normalized spacial score (nSPS) is 16.5. The number of aliphatic hydroxyl groups excluding tert-OH is 1. The Morgan fingerprint density at radius 2 is 1.68 bits per heavy atom. The molecular formula is C14H24NO5PS. The molecule has 1 aromatic carbocycles. The van der Waals surface area contributed by atoms with Crippen LogP contribution in [0, 0.1) is 12.8 Å². The number of aryl methyl sites for hydroxylation is 1. The second-order valence-corrected chi connectivity index (χ2v) is 8.89. The van der Waals surface area contributed by atoms with Gasteiger partial charge < -0.3 is 14.2 Å². The highest BCUT2D eigenvalue weighted by atomic mass is 32.2. The number of nitrogens with one attached hydrogen (secondary N) is 1. The summed E-state index contributed by atoms with van der Waals surface area (Å²) < 4.78 is 37.6. The predicted molar refractivity (Wildman–Crippen MR) is 87.0 cm³/mol. The first kappa shape index (κ1) is 19.5. The summed E-state index contributed by atoms with van der Waals surface area (Å²) in [5, 5.41) is 10.3. The number of hydrogen-bond donors (Lipinski definition) is 2. The molecule has 0 spiro atoms. The third kappa shape index (κ3) is 4.72. The van der Waals surface area contributed by atoms with Crippen molar-refractivity contribution in [1.82, 2.24) is 4.72 Å². The van der Waals surface area contributed by atoms with Gasteiger partial charge in [-0.15, -0.1) is 0 Å². The highest BCUT2D eigenvalue weighted by molar-refractivity contribution is 7.83. The van der Waals surface area contributed by atoms with Crippen molar-refractivity contribution in [3.8, 4) is 0 Å². The number of aliphatic hydroxyl groups is 1. The summed E-state index contributed by atoms with van der Waals surface area (Å²) in [6.45, 7) is 5.46. The molecule has 0 aliphatic carbocycles. The molecule has 0 heterocycles. The third-order valence-corrected chi connectivity index (χ3v) is 6.80. The summed E-state index contributed by atoms with van der Waals surface area (Å²) in [5.74, 6) is -1.31. The summed E-state index contributed by atoms with van der Waals surface area (Å²) in [7, 11) is -2.82. The zero-order chi connectivity index (χ0) is 16.9. The van der Waals surface area contributed by atoms with Gasteiger partial charge in [-0.3, -0.25) is 4.57 Å². The predicted octanol–water partition coefficient (Wildman–Crippen LogP) is 2.44. The van der Waals surface area contributed by atoms with E-state index < -0.39 is 30.5 Å². The number of rotatable bonds is 8. The van der Waals surface area contributed by atoms with E-state index in [1.165, 1.54) is 14.2 Å². The molecule has 1 unspecified atom stereocenters. The molecule has 0 radical (unpaired) electrons. The summed E-state index contributed by atoms with van der Waals surface area (Å²) in [4.78, 5) is 0.519. The molecular weight excluding hydrogens is 325 g/mol. The molecule has 0 amide bonds. The Bertz CT molecular complexity index is 541. The quantitative estimate of drug-likeness (QED) is 0.704. The monoisotopic (exact) mass is 349 g/mol. The molecule has 0 saturated heterocycles. The van der Waals surface area contributed by atoms with Crippen LogP contribution in [0.5, 0.6) is 0 Å². The van der Waals surface area contributed by atoms with Crippen molar-refractivity contribution >= 4 is 18.6 Å². The van der Waals surface area contributed by atoms with E-state index in [-0.39, 0.29) is 5.92 Å². The SMILES string of the molecule is COP(=O)(OC)[C@@H](NS(=O)c1ccc(C)cc1)[C@@H](O)C(C)C. The molecule has 126 valence electrons. The van der Waals surface area contributed by atoms with Gasteiger partial charge in [0, 0.05) is 14.2 Å². The molecule has 6 nitrogen and oxygen atoms in total. The molecule has 0 aliphatic rings. The minimum absolute atomic E-state index is 0.217. The Labute approximate surface area is 134 Å². The maximum atomic E-state index is 12.6. The molecule has 1 aromatic rings. The molecule has 2 N–H and O–H groups in total. The van der Waals surface area contributed by atoms with Gasteiger partial charge >= 0.3 is 7.60 Å². The Kier molecular flexibility index (Phi) is 7.38. The van der Waals surface area contributed by atoms with E-state index in [9.17, 15) is 13.9 Å². The lowest BCUT2D eigenvalue weighted by Crippen LogP contribution is -2.43. The van der Waals surface area contributed by atoms with E-state index in [1.807, 2.05) is 19.1 Å². The molecule has 0 bridgehead atoms. The van der Waals surface area contributed by atoms with Crippen LogP contribution in [-0.2, 0) is 24.6 Å². The van der Waals surface area contributed by atoms with Gasteiger partial charge in [0.15, 0.2) is 0 Å². The summed E-state index contributed by atoms with van der Waals surface area (Å²) >= 11 is 0. The highest BCUT2D eigenvalue weighted by Crippen LogP contribution is 2.52. The second-order valence-electron chi connectivity index (χ2n) is 5.28. The van der Waals surface area contributed by atoms with E-state index >= 15 is 0 Å². The van der Waals surface area contributed by atoms with Gasteiger partial charge in [-0.2, -0.15) is 0 Å². The Hall–Kier alpha value is -0.560. The molecule has 3 atom stereocenters. The van der Waals surface area contributed by atoms with Gasteiger partial charge in [-0.1, -0.05) is 31.5 Å². The molecule has 1 rings (SSSR count). The lowest BCUT2D eigenvalue weighted by Gasteiger charge is -2.30. The molecule has 22 heavy (non-hydrogen) atoms. The fraction of sp³-hybridized carbons (Fsp3) is 0.571. The lowest BCUT2D eigenvalue weighted by molar-refractivity contribution is 0.102.